The van der Waals surface area contributed by atoms with Crippen molar-refractivity contribution in [1.82, 2.24) is 0 Å². The molecule has 0 aliphatic carbocycles. The number of hydrogen-bond acceptors (Lipinski definition) is 10. The van der Waals surface area contributed by atoms with Crippen molar-refractivity contribution in [3.8, 4) is 34.3 Å². The van der Waals surface area contributed by atoms with Crippen LogP contribution in [0.1, 0.15) is 26.3 Å². The third-order valence-electron chi connectivity index (χ3n) is 6.07. The van der Waals surface area contributed by atoms with Crippen LogP contribution >= 0.6 is 0 Å². The lowest BCUT2D eigenvalue weighted by Gasteiger charge is -2.38. The van der Waals surface area contributed by atoms with Gasteiger partial charge in [0, 0.05) is 17.2 Å². The Morgan fingerprint density at radius 2 is 1.67 bits per heavy atom. The van der Waals surface area contributed by atoms with Gasteiger partial charge in [-0.05, 0) is 51.5 Å². The summed E-state index contributed by atoms with van der Waals surface area (Å²) in [6.45, 7) is 5.20. The van der Waals surface area contributed by atoms with Crippen LogP contribution in [0.3, 0.4) is 0 Å². The average Bonchev–Trinajstić information content (AvgIpc) is 2.82. The minimum atomic E-state index is -1.71. The van der Waals surface area contributed by atoms with E-state index in [0.717, 1.165) is 11.6 Å². The van der Waals surface area contributed by atoms with Gasteiger partial charge in [0.1, 0.15) is 46.5 Å². The van der Waals surface area contributed by atoms with E-state index in [-0.39, 0.29) is 40.2 Å². The second-order valence-electron chi connectivity index (χ2n) is 9.02. The number of aliphatic hydroxyl groups excluding tert-OH is 3. The molecule has 10 heteroatoms. The number of aromatic hydroxyl groups is 3. The van der Waals surface area contributed by atoms with Gasteiger partial charge < -0.3 is 44.5 Å². The quantitative estimate of drug-likeness (QED) is 0.286. The normalized spacial score (nSPS) is 24.0. The van der Waals surface area contributed by atoms with Gasteiger partial charge in [0.25, 0.3) is 0 Å². The molecule has 0 radical (unpaired) electrons. The number of benzene rings is 2. The Morgan fingerprint density at radius 3 is 2.31 bits per heavy atom. The summed E-state index contributed by atoms with van der Waals surface area (Å²) in [4.78, 5) is 13.7. The van der Waals surface area contributed by atoms with E-state index in [1.54, 1.807) is 0 Å². The van der Waals surface area contributed by atoms with Gasteiger partial charge in [-0.1, -0.05) is 11.6 Å². The van der Waals surface area contributed by atoms with Crippen LogP contribution in [0.4, 0.5) is 0 Å². The first-order valence-corrected chi connectivity index (χ1v) is 11.3. The first-order chi connectivity index (χ1) is 17.0. The second kappa shape index (κ2) is 9.82. The lowest BCUT2D eigenvalue weighted by Crippen LogP contribution is -2.58. The number of fused-ring (bicyclic) bond motifs is 1. The molecule has 0 bridgehead atoms. The highest BCUT2D eigenvalue weighted by molar-refractivity contribution is 5.91. The van der Waals surface area contributed by atoms with Gasteiger partial charge >= 0.3 is 0 Å². The molecule has 1 aliphatic rings. The van der Waals surface area contributed by atoms with Crippen LogP contribution in [-0.4, -0.2) is 61.3 Å². The van der Waals surface area contributed by atoms with Crippen LogP contribution in [0.15, 0.2) is 51.2 Å². The molecule has 192 valence electrons. The van der Waals surface area contributed by atoms with Crippen molar-refractivity contribution in [1.29, 1.82) is 0 Å². The summed E-state index contributed by atoms with van der Waals surface area (Å²) in [6.07, 6.45) is -5.16. The number of phenolic OH excluding ortho intramolecular Hbond substituents is 3. The van der Waals surface area contributed by atoms with Gasteiger partial charge in [0.15, 0.2) is 5.76 Å². The predicted molar refractivity (Wildman–Crippen MR) is 129 cm³/mol. The van der Waals surface area contributed by atoms with Crippen LogP contribution < -0.4 is 10.2 Å². The zero-order valence-electron chi connectivity index (χ0n) is 19.9. The molecule has 5 atom stereocenters. The number of aliphatic hydroxyl groups is 3. The number of allylic oxidation sites excluding steroid dienone is 2. The standard InChI is InChI=1S/C26H28O10/c1-11(2)4-9-15-16(28)10-17(29)18-20(31)25(36-26-22(33)21(32)19(30)12(3)34-26)23(35-24(15)18)13-5-7-14(27)8-6-13/h4-8,10,12,19,21-22,26-30,32-33H,9H2,1-3H3/t12-,19+,21+,22+,26-/m1/s1. The summed E-state index contributed by atoms with van der Waals surface area (Å²) in [7, 11) is 0. The molecule has 1 fully saturated rings. The summed E-state index contributed by atoms with van der Waals surface area (Å²) in [5, 5.41) is 61.1. The number of phenols is 3. The molecule has 0 saturated carbocycles. The van der Waals surface area contributed by atoms with E-state index >= 15 is 0 Å². The highest BCUT2D eigenvalue weighted by atomic mass is 16.7. The molecule has 0 unspecified atom stereocenters. The van der Waals surface area contributed by atoms with E-state index in [9.17, 15) is 35.4 Å². The summed E-state index contributed by atoms with van der Waals surface area (Å²) in [6, 6.07) is 6.68. The maximum Gasteiger partial charge on any atom is 0.239 e. The molecule has 1 saturated heterocycles. The van der Waals surface area contributed by atoms with Crippen LogP contribution in [0.5, 0.6) is 23.0 Å². The number of ether oxygens (including phenoxy) is 2. The maximum absolute atomic E-state index is 13.7. The Hall–Kier alpha value is -3.57. The molecule has 10 nitrogen and oxygen atoms in total. The SMILES string of the molecule is CC(C)=CCc1c(O)cc(O)c2c(=O)c(O[C@H]3O[C@H](C)[C@H](O)[C@H](O)[C@@H]3O)c(-c3ccc(O)cc3)oc12. The molecule has 3 aromatic rings. The maximum atomic E-state index is 13.7. The van der Waals surface area contributed by atoms with Gasteiger partial charge in [-0.15, -0.1) is 0 Å². The van der Waals surface area contributed by atoms with Crippen molar-refractivity contribution < 1.29 is 44.5 Å². The molecule has 1 aliphatic heterocycles. The van der Waals surface area contributed by atoms with Crippen molar-refractivity contribution in [3.63, 3.8) is 0 Å². The van der Waals surface area contributed by atoms with Gasteiger partial charge in [-0.2, -0.15) is 0 Å². The molecule has 2 heterocycles. The zero-order chi connectivity index (χ0) is 26.3. The second-order valence-corrected chi connectivity index (χ2v) is 9.02. The van der Waals surface area contributed by atoms with Gasteiger partial charge in [-0.25, -0.2) is 0 Å². The van der Waals surface area contributed by atoms with Crippen molar-refractivity contribution in [3.05, 3.63) is 57.8 Å². The molecule has 0 spiro atoms. The summed E-state index contributed by atoms with van der Waals surface area (Å²) < 4.78 is 17.3. The van der Waals surface area contributed by atoms with Gasteiger partial charge in [0.05, 0.1) is 6.10 Å². The Kier molecular flexibility index (Phi) is 6.96. The third kappa shape index (κ3) is 4.63. The third-order valence-corrected chi connectivity index (χ3v) is 6.07. The van der Waals surface area contributed by atoms with Crippen molar-refractivity contribution in [2.75, 3.05) is 0 Å². The molecular weight excluding hydrogens is 472 g/mol. The van der Waals surface area contributed by atoms with E-state index in [0.29, 0.717) is 5.56 Å². The highest BCUT2D eigenvalue weighted by Gasteiger charge is 2.44. The fraction of sp³-hybridized carbons (Fsp3) is 0.346. The molecule has 0 amide bonds. The van der Waals surface area contributed by atoms with Crippen molar-refractivity contribution in [2.24, 2.45) is 0 Å². The minimum absolute atomic E-state index is 0.0409. The number of hydrogen-bond donors (Lipinski definition) is 6. The van der Waals surface area contributed by atoms with E-state index in [2.05, 4.69) is 0 Å². The van der Waals surface area contributed by atoms with Crippen LogP contribution in [0.25, 0.3) is 22.3 Å². The Labute approximate surface area is 205 Å². The van der Waals surface area contributed by atoms with E-state index in [1.807, 2.05) is 19.9 Å². The molecule has 1 aromatic heterocycles. The summed E-state index contributed by atoms with van der Waals surface area (Å²) >= 11 is 0. The largest absolute Gasteiger partial charge is 0.508 e. The molecular formula is C26H28O10. The van der Waals surface area contributed by atoms with Crippen LogP contribution in [0, 0.1) is 0 Å². The first-order valence-electron chi connectivity index (χ1n) is 11.3. The topological polar surface area (TPSA) is 170 Å². The fourth-order valence-corrected chi connectivity index (χ4v) is 4.01. The van der Waals surface area contributed by atoms with Gasteiger partial charge in [-0.3, -0.25) is 4.79 Å². The predicted octanol–water partition coefficient (Wildman–Crippen LogP) is 2.29. The average molecular weight is 501 g/mol. The van der Waals surface area contributed by atoms with Gasteiger partial charge in [0.2, 0.25) is 17.5 Å². The fourth-order valence-electron chi connectivity index (χ4n) is 4.01. The minimum Gasteiger partial charge on any atom is -0.508 e. The van der Waals surface area contributed by atoms with Crippen molar-refractivity contribution in [2.45, 2.75) is 57.9 Å². The Morgan fingerprint density at radius 1 is 1.00 bits per heavy atom. The Bertz CT molecular complexity index is 1350. The molecule has 6 N–H and O–H groups in total. The smallest absolute Gasteiger partial charge is 0.239 e. The van der Waals surface area contributed by atoms with Crippen molar-refractivity contribution >= 4 is 11.0 Å². The number of rotatable bonds is 5. The lowest BCUT2D eigenvalue weighted by molar-refractivity contribution is -0.268. The van der Waals surface area contributed by atoms with Crippen LogP contribution in [0.2, 0.25) is 0 Å². The summed E-state index contributed by atoms with van der Waals surface area (Å²) in [5.74, 6) is -1.43. The van der Waals surface area contributed by atoms with E-state index in [4.69, 9.17) is 13.9 Å². The molecule has 4 rings (SSSR count). The highest BCUT2D eigenvalue weighted by Crippen LogP contribution is 2.40. The molecule has 2 aromatic carbocycles. The molecule has 36 heavy (non-hydrogen) atoms. The van der Waals surface area contributed by atoms with E-state index < -0.39 is 47.6 Å². The summed E-state index contributed by atoms with van der Waals surface area (Å²) in [5.41, 5.74) is 0.624. The van der Waals surface area contributed by atoms with Crippen LogP contribution in [-0.2, 0) is 11.2 Å². The lowest BCUT2D eigenvalue weighted by atomic mass is 10.00. The monoisotopic (exact) mass is 500 g/mol. The zero-order valence-corrected chi connectivity index (χ0v) is 19.9. The van der Waals surface area contributed by atoms with E-state index in [1.165, 1.54) is 31.2 Å². The first kappa shape index (κ1) is 25.5. The Balaban J connectivity index is 1.97.